The van der Waals surface area contributed by atoms with Gasteiger partial charge in [0.25, 0.3) is 0 Å². The van der Waals surface area contributed by atoms with E-state index in [1.54, 1.807) is 17.2 Å². The standard InChI is InChI=1S/C14H18N6O/c1-10(2)13-11(8-19(3)17-13)14-16-12(21-18-14)4-6-20-7-5-15-9-20/h5,7-10H,4,6H2,1-3H3. The molecule has 0 spiro atoms. The average molecular weight is 286 g/mol. The molecule has 0 saturated heterocycles. The van der Waals surface area contributed by atoms with Gasteiger partial charge in [-0.15, -0.1) is 0 Å². The highest BCUT2D eigenvalue weighted by Crippen LogP contribution is 2.25. The van der Waals surface area contributed by atoms with E-state index in [1.165, 1.54) is 0 Å². The van der Waals surface area contributed by atoms with Crippen molar-refractivity contribution in [3.8, 4) is 11.4 Å². The van der Waals surface area contributed by atoms with E-state index in [4.69, 9.17) is 4.52 Å². The Bertz CT molecular complexity index is 710. The molecule has 7 nitrogen and oxygen atoms in total. The first kappa shape index (κ1) is 13.5. The van der Waals surface area contributed by atoms with Crippen LogP contribution in [0.4, 0.5) is 0 Å². The van der Waals surface area contributed by atoms with Gasteiger partial charge >= 0.3 is 0 Å². The van der Waals surface area contributed by atoms with E-state index in [9.17, 15) is 0 Å². The second-order valence-corrected chi connectivity index (χ2v) is 5.32. The Labute approximate surface area is 122 Å². The molecule has 0 atom stereocenters. The largest absolute Gasteiger partial charge is 0.339 e. The smallest absolute Gasteiger partial charge is 0.228 e. The van der Waals surface area contributed by atoms with E-state index < -0.39 is 0 Å². The Morgan fingerprint density at radius 3 is 2.90 bits per heavy atom. The predicted molar refractivity (Wildman–Crippen MR) is 76.5 cm³/mol. The molecule has 0 aliphatic heterocycles. The fourth-order valence-electron chi connectivity index (χ4n) is 2.21. The van der Waals surface area contributed by atoms with Gasteiger partial charge < -0.3 is 9.09 Å². The molecule has 0 fully saturated rings. The zero-order chi connectivity index (χ0) is 14.8. The van der Waals surface area contributed by atoms with Crippen LogP contribution in [0.25, 0.3) is 11.4 Å². The lowest BCUT2D eigenvalue weighted by molar-refractivity contribution is 0.372. The molecule has 0 bridgehead atoms. The molecule has 0 aliphatic carbocycles. The van der Waals surface area contributed by atoms with Crippen molar-refractivity contribution < 1.29 is 4.52 Å². The van der Waals surface area contributed by atoms with Crippen LogP contribution in [0.15, 0.2) is 29.4 Å². The molecular weight excluding hydrogens is 268 g/mol. The second kappa shape index (κ2) is 5.51. The van der Waals surface area contributed by atoms with Gasteiger partial charge in [-0.05, 0) is 5.92 Å². The van der Waals surface area contributed by atoms with Crippen LogP contribution in [0.2, 0.25) is 0 Å². The molecule has 0 N–H and O–H groups in total. The lowest BCUT2D eigenvalue weighted by Gasteiger charge is -2.00. The Hall–Kier alpha value is -2.44. The number of imidazole rings is 1. The van der Waals surface area contributed by atoms with Crippen LogP contribution < -0.4 is 0 Å². The molecule has 3 aromatic rings. The molecule has 3 aromatic heterocycles. The van der Waals surface area contributed by atoms with Gasteiger partial charge in [-0.3, -0.25) is 4.68 Å². The number of rotatable bonds is 5. The Kier molecular flexibility index (Phi) is 3.55. The summed E-state index contributed by atoms with van der Waals surface area (Å²) in [6.45, 7) is 4.98. The Morgan fingerprint density at radius 1 is 1.33 bits per heavy atom. The van der Waals surface area contributed by atoms with Crippen LogP contribution in [0.1, 0.15) is 31.4 Å². The topological polar surface area (TPSA) is 74.6 Å². The van der Waals surface area contributed by atoms with Gasteiger partial charge in [0.15, 0.2) is 0 Å². The number of nitrogens with zero attached hydrogens (tertiary/aromatic N) is 6. The van der Waals surface area contributed by atoms with Gasteiger partial charge in [0, 0.05) is 38.6 Å². The summed E-state index contributed by atoms with van der Waals surface area (Å²) in [4.78, 5) is 8.48. The second-order valence-electron chi connectivity index (χ2n) is 5.32. The average Bonchev–Trinajstić information content (AvgIpc) is 3.16. The Balaban J connectivity index is 1.78. The molecule has 110 valence electrons. The summed E-state index contributed by atoms with van der Waals surface area (Å²) in [6, 6.07) is 0. The van der Waals surface area contributed by atoms with Crippen molar-refractivity contribution in [2.45, 2.75) is 32.7 Å². The summed E-state index contributed by atoms with van der Waals surface area (Å²) >= 11 is 0. The van der Waals surface area contributed by atoms with Crippen molar-refractivity contribution in [3.63, 3.8) is 0 Å². The SMILES string of the molecule is CC(C)c1nn(C)cc1-c1noc(CCn2ccnc2)n1. The quantitative estimate of drug-likeness (QED) is 0.717. The molecule has 0 aliphatic rings. The zero-order valence-corrected chi connectivity index (χ0v) is 12.4. The normalized spacial score (nSPS) is 11.4. The van der Waals surface area contributed by atoms with Crippen molar-refractivity contribution in [2.24, 2.45) is 7.05 Å². The molecular formula is C14H18N6O. The fraction of sp³-hybridized carbons (Fsp3) is 0.429. The zero-order valence-electron chi connectivity index (χ0n) is 12.4. The van der Waals surface area contributed by atoms with E-state index in [2.05, 4.69) is 34.1 Å². The molecule has 0 unspecified atom stereocenters. The van der Waals surface area contributed by atoms with Gasteiger partial charge in [-0.2, -0.15) is 10.1 Å². The lowest BCUT2D eigenvalue weighted by atomic mass is 10.1. The van der Waals surface area contributed by atoms with E-state index in [1.807, 2.05) is 24.0 Å². The number of hydrogen-bond acceptors (Lipinski definition) is 5. The number of aromatic nitrogens is 6. The van der Waals surface area contributed by atoms with Gasteiger partial charge in [-0.25, -0.2) is 4.98 Å². The van der Waals surface area contributed by atoms with Gasteiger partial charge in [0.2, 0.25) is 11.7 Å². The summed E-state index contributed by atoms with van der Waals surface area (Å²) < 4.78 is 9.09. The first-order valence-electron chi connectivity index (χ1n) is 6.95. The van der Waals surface area contributed by atoms with Gasteiger partial charge in [-0.1, -0.05) is 19.0 Å². The predicted octanol–water partition coefficient (Wildman–Crippen LogP) is 2.03. The van der Waals surface area contributed by atoms with Crippen LogP contribution in [-0.2, 0) is 20.0 Å². The van der Waals surface area contributed by atoms with Crippen LogP contribution in [0.3, 0.4) is 0 Å². The monoisotopic (exact) mass is 286 g/mol. The molecule has 0 amide bonds. The molecule has 7 heteroatoms. The Morgan fingerprint density at radius 2 is 2.19 bits per heavy atom. The maximum atomic E-state index is 5.33. The summed E-state index contributed by atoms with van der Waals surface area (Å²) in [7, 11) is 1.90. The summed E-state index contributed by atoms with van der Waals surface area (Å²) in [5.74, 6) is 1.54. The maximum Gasteiger partial charge on any atom is 0.228 e. The van der Waals surface area contributed by atoms with E-state index in [0.717, 1.165) is 17.8 Å². The molecule has 0 radical (unpaired) electrons. The molecule has 0 saturated carbocycles. The first-order valence-corrected chi connectivity index (χ1v) is 6.95. The highest BCUT2D eigenvalue weighted by atomic mass is 16.5. The van der Waals surface area contributed by atoms with Crippen molar-refractivity contribution in [3.05, 3.63) is 36.5 Å². The van der Waals surface area contributed by atoms with E-state index in [0.29, 0.717) is 24.1 Å². The third kappa shape index (κ3) is 2.86. The van der Waals surface area contributed by atoms with Crippen LogP contribution in [0, 0.1) is 0 Å². The highest BCUT2D eigenvalue weighted by molar-refractivity contribution is 5.57. The third-order valence-electron chi connectivity index (χ3n) is 3.26. The van der Waals surface area contributed by atoms with Crippen molar-refractivity contribution in [1.82, 2.24) is 29.5 Å². The summed E-state index contributed by atoms with van der Waals surface area (Å²) in [5.41, 5.74) is 1.92. The van der Waals surface area contributed by atoms with E-state index >= 15 is 0 Å². The minimum absolute atomic E-state index is 0.314. The highest BCUT2D eigenvalue weighted by Gasteiger charge is 2.18. The molecule has 0 aromatic carbocycles. The van der Waals surface area contributed by atoms with Gasteiger partial charge in [0.1, 0.15) is 0 Å². The van der Waals surface area contributed by atoms with E-state index in [-0.39, 0.29) is 0 Å². The first-order chi connectivity index (χ1) is 10.1. The van der Waals surface area contributed by atoms with Gasteiger partial charge in [0.05, 0.1) is 17.6 Å². The fourth-order valence-corrected chi connectivity index (χ4v) is 2.21. The number of aryl methyl sites for hydroxylation is 3. The van der Waals surface area contributed by atoms with Crippen LogP contribution >= 0.6 is 0 Å². The summed E-state index contributed by atoms with van der Waals surface area (Å²) in [6.07, 6.45) is 8.05. The van der Waals surface area contributed by atoms with Crippen LogP contribution in [-0.4, -0.2) is 29.5 Å². The van der Waals surface area contributed by atoms with Crippen LogP contribution in [0.5, 0.6) is 0 Å². The van der Waals surface area contributed by atoms with Crippen molar-refractivity contribution >= 4 is 0 Å². The molecule has 3 heterocycles. The van der Waals surface area contributed by atoms with Crippen molar-refractivity contribution in [2.75, 3.05) is 0 Å². The maximum absolute atomic E-state index is 5.33. The van der Waals surface area contributed by atoms with Crippen molar-refractivity contribution in [1.29, 1.82) is 0 Å². The molecule has 3 rings (SSSR count). The summed E-state index contributed by atoms with van der Waals surface area (Å²) in [5, 5.41) is 8.54. The molecule has 21 heavy (non-hydrogen) atoms. The minimum Gasteiger partial charge on any atom is -0.339 e. The number of hydrogen-bond donors (Lipinski definition) is 0. The lowest BCUT2D eigenvalue weighted by Crippen LogP contribution is -1.98. The minimum atomic E-state index is 0.314. The third-order valence-corrected chi connectivity index (χ3v) is 3.26.